The second-order valence-corrected chi connectivity index (χ2v) is 7.49. The second-order valence-electron chi connectivity index (χ2n) is 7.49. The number of ketones is 1. The Morgan fingerprint density at radius 2 is 1.69 bits per heavy atom. The van der Waals surface area contributed by atoms with E-state index in [1.807, 2.05) is 20.8 Å². The zero-order valence-corrected chi connectivity index (χ0v) is 16.6. The minimum Gasteiger partial charge on any atom is -0.381 e. The summed E-state index contributed by atoms with van der Waals surface area (Å²) in [6.45, 7) is 7.44. The topological polar surface area (TPSA) is 84.5 Å². The van der Waals surface area contributed by atoms with Gasteiger partial charge < -0.3 is 15.4 Å². The van der Waals surface area contributed by atoms with Crippen molar-refractivity contribution in [3.05, 3.63) is 0 Å². The van der Waals surface area contributed by atoms with Gasteiger partial charge in [0, 0.05) is 43.9 Å². The third-order valence-electron chi connectivity index (χ3n) is 4.80. The first-order valence-electron chi connectivity index (χ1n) is 10.1. The largest absolute Gasteiger partial charge is 0.381 e. The Balaban J connectivity index is 2.02. The SMILES string of the molecule is CCCC(=O)NCCCOCCC(=O)N[C@H]1CC[C@@H](C(=O)C(C)C)CC1. The first kappa shape index (κ1) is 22.6. The first-order chi connectivity index (χ1) is 12.4. The molecule has 1 rings (SSSR count). The molecule has 6 nitrogen and oxygen atoms in total. The zero-order chi connectivity index (χ0) is 19.4. The lowest BCUT2D eigenvalue weighted by Crippen LogP contribution is -2.39. The minimum absolute atomic E-state index is 0.0138. The van der Waals surface area contributed by atoms with E-state index < -0.39 is 0 Å². The predicted octanol–water partition coefficient (Wildman–Crippen LogP) is 2.60. The van der Waals surface area contributed by atoms with E-state index in [0.717, 1.165) is 38.5 Å². The molecule has 0 aromatic rings. The van der Waals surface area contributed by atoms with Crippen LogP contribution >= 0.6 is 0 Å². The smallest absolute Gasteiger partial charge is 0.222 e. The molecule has 150 valence electrons. The number of Topliss-reactive ketones (excluding diaryl/α,β-unsaturated/α-hetero) is 1. The maximum Gasteiger partial charge on any atom is 0.222 e. The quantitative estimate of drug-likeness (QED) is 0.519. The number of carbonyl (C=O) groups is 3. The number of amides is 2. The number of nitrogens with one attached hydrogen (secondary N) is 2. The fourth-order valence-corrected chi connectivity index (χ4v) is 3.28. The molecule has 0 aliphatic heterocycles. The Kier molecular flexibility index (Phi) is 11.2. The molecule has 0 saturated heterocycles. The summed E-state index contributed by atoms with van der Waals surface area (Å²) < 4.78 is 5.45. The first-order valence-corrected chi connectivity index (χ1v) is 10.1. The summed E-state index contributed by atoms with van der Waals surface area (Å²) in [5.41, 5.74) is 0. The van der Waals surface area contributed by atoms with Crippen molar-refractivity contribution in [2.75, 3.05) is 19.8 Å². The molecule has 0 radical (unpaired) electrons. The molecule has 2 amide bonds. The van der Waals surface area contributed by atoms with Crippen LogP contribution in [0, 0.1) is 11.8 Å². The van der Waals surface area contributed by atoms with Crippen LogP contribution in [0.25, 0.3) is 0 Å². The van der Waals surface area contributed by atoms with E-state index >= 15 is 0 Å². The van der Waals surface area contributed by atoms with Gasteiger partial charge in [-0.1, -0.05) is 20.8 Å². The van der Waals surface area contributed by atoms with Crippen LogP contribution in [0.5, 0.6) is 0 Å². The Morgan fingerprint density at radius 1 is 1.00 bits per heavy atom. The van der Waals surface area contributed by atoms with Gasteiger partial charge in [-0.15, -0.1) is 0 Å². The molecule has 0 spiro atoms. The van der Waals surface area contributed by atoms with Gasteiger partial charge in [-0.2, -0.15) is 0 Å². The highest BCUT2D eigenvalue weighted by atomic mass is 16.5. The molecule has 1 fully saturated rings. The second kappa shape index (κ2) is 12.8. The number of hydrogen-bond acceptors (Lipinski definition) is 4. The van der Waals surface area contributed by atoms with Crippen LogP contribution in [0.3, 0.4) is 0 Å². The highest BCUT2D eigenvalue weighted by Gasteiger charge is 2.28. The fourth-order valence-electron chi connectivity index (χ4n) is 3.28. The van der Waals surface area contributed by atoms with Crippen molar-refractivity contribution in [2.45, 2.75) is 78.2 Å². The molecule has 1 saturated carbocycles. The van der Waals surface area contributed by atoms with E-state index in [9.17, 15) is 14.4 Å². The molecule has 0 unspecified atom stereocenters. The van der Waals surface area contributed by atoms with Gasteiger partial charge in [-0.05, 0) is 38.5 Å². The van der Waals surface area contributed by atoms with Gasteiger partial charge in [0.05, 0.1) is 6.61 Å². The van der Waals surface area contributed by atoms with Gasteiger partial charge >= 0.3 is 0 Å². The van der Waals surface area contributed by atoms with Crippen molar-refractivity contribution in [2.24, 2.45) is 11.8 Å². The van der Waals surface area contributed by atoms with Crippen LogP contribution in [0.4, 0.5) is 0 Å². The molecule has 1 aliphatic carbocycles. The lowest BCUT2D eigenvalue weighted by Gasteiger charge is -2.29. The average molecular weight is 369 g/mol. The van der Waals surface area contributed by atoms with Crippen molar-refractivity contribution < 1.29 is 19.1 Å². The predicted molar refractivity (Wildman–Crippen MR) is 102 cm³/mol. The third kappa shape index (κ3) is 9.32. The lowest BCUT2D eigenvalue weighted by molar-refractivity contribution is -0.127. The van der Waals surface area contributed by atoms with Crippen molar-refractivity contribution in [1.29, 1.82) is 0 Å². The van der Waals surface area contributed by atoms with E-state index in [1.54, 1.807) is 0 Å². The number of rotatable bonds is 12. The molecule has 0 heterocycles. The molecule has 26 heavy (non-hydrogen) atoms. The maximum absolute atomic E-state index is 12.0. The molecular formula is C20H36N2O4. The van der Waals surface area contributed by atoms with E-state index in [0.29, 0.717) is 38.4 Å². The van der Waals surface area contributed by atoms with Crippen LogP contribution in [0.1, 0.15) is 72.1 Å². The molecule has 2 N–H and O–H groups in total. The van der Waals surface area contributed by atoms with Gasteiger partial charge in [-0.3, -0.25) is 14.4 Å². The van der Waals surface area contributed by atoms with Crippen molar-refractivity contribution >= 4 is 17.6 Å². The Hall–Kier alpha value is -1.43. The average Bonchev–Trinajstić information content (AvgIpc) is 2.61. The van der Waals surface area contributed by atoms with E-state index in [4.69, 9.17) is 4.74 Å². The normalized spacial score (nSPS) is 20.0. The van der Waals surface area contributed by atoms with Gasteiger partial charge in [0.25, 0.3) is 0 Å². The molecule has 6 heteroatoms. The Morgan fingerprint density at radius 3 is 2.31 bits per heavy atom. The van der Waals surface area contributed by atoms with Gasteiger partial charge in [0.15, 0.2) is 0 Å². The zero-order valence-electron chi connectivity index (χ0n) is 16.6. The van der Waals surface area contributed by atoms with Gasteiger partial charge in [0.1, 0.15) is 5.78 Å². The maximum atomic E-state index is 12.0. The van der Waals surface area contributed by atoms with Crippen molar-refractivity contribution in [3.8, 4) is 0 Å². The molecule has 0 aromatic heterocycles. The molecule has 0 bridgehead atoms. The van der Waals surface area contributed by atoms with E-state index in [2.05, 4.69) is 10.6 Å². The summed E-state index contributed by atoms with van der Waals surface area (Å²) in [5.74, 6) is 0.721. The summed E-state index contributed by atoms with van der Waals surface area (Å²) in [7, 11) is 0. The van der Waals surface area contributed by atoms with E-state index in [1.165, 1.54) is 0 Å². The number of hydrogen-bond donors (Lipinski definition) is 2. The van der Waals surface area contributed by atoms with Crippen LogP contribution in [-0.4, -0.2) is 43.4 Å². The monoisotopic (exact) mass is 368 g/mol. The van der Waals surface area contributed by atoms with Crippen LogP contribution in [-0.2, 0) is 19.1 Å². The summed E-state index contributed by atoms with van der Waals surface area (Å²) in [6.07, 6.45) is 6.05. The summed E-state index contributed by atoms with van der Waals surface area (Å²) in [5, 5.41) is 5.88. The highest BCUT2D eigenvalue weighted by Crippen LogP contribution is 2.27. The van der Waals surface area contributed by atoms with Crippen LogP contribution < -0.4 is 10.6 Å². The number of ether oxygens (including phenoxy) is 1. The van der Waals surface area contributed by atoms with Crippen molar-refractivity contribution in [1.82, 2.24) is 10.6 Å². The molecule has 0 aromatic carbocycles. The summed E-state index contributed by atoms with van der Waals surface area (Å²) in [6, 6.07) is 0.187. The number of carbonyl (C=O) groups excluding carboxylic acids is 3. The molecule has 0 atom stereocenters. The summed E-state index contributed by atoms with van der Waals surface area (Å²) >= 11 is 0. The highest BCUT2D eigenvalue weighted by molar-refractivity contribution is 5.83. The minimum atomic E-state index is 0.0138. The van der Waals surface area contributed by atoms with Crippen molar-refractivity contribution in [3.63, 3.8) is 0 Å². The molecule has 1 aliphatic rings. The third-order valence-corrected chi connectivity index (χ3v) is 4.80. The summed E-state index contributed by atoms with van der Waals surface area (Å²) in [4.78, 5) is 35.3. The standard InChI is InChI=1S/C20H36N2O4/c1-4-6-18(23)21-12-5-13-26-14-11-19(24)22-17-9-7-16(8-10-17)20(25)15(2)3/h15-17H,4-14H2,1-3H3,(H,21,23)(H,22,24)/t16-,17+. The van der Waals surface area contributed by atoms with Crippen LogP contribution in [0.15, 0.2) is 0 Å². The van der Waals surface area contributed by atoms with Gasteiger partial charge in [0.2, 0.25) is 11.8 Å². The van der Waals surface area contributed by atoms with Gasteiger partial charge in [-0.25, -0.2) is 0 Å². The fraction of sp³-hybridized carbons (Fsp3) is 0.850. The Labute approximate surface area is 157 Å². The van der Waals surface area contributed by atoms with Crippen LogP contribution in [0.2, 0.25) is 0 Å². The molecular weight excluding hydrogens is 332 g/mol. The Bertz CT molecular complexity index is 443. The lowest BCUT2D eigenvalue weighted by atomic mass is 9.80. The van der Waals surface area contributed by atoms with E-state index in [-0.39, 0.29) is 29.7 Å².